The number of carbonyl (C=O) groups is 2. The van der Waals surface area contributed by atoms with E-state index in [0.29, 0.717) is 11.1 Å². The van der Waals surface area contributed by atoms with Crippen LogP contribution in [0.15, 0.2) is 49.1 Å². The van der Waals surface area contributed by atoms with E-state index in [9.17, 15) is 9.59 Å². The lowest BCUT2D eigenvalue weighted by atomic mass is 10.0. The smallest absolute Gasteiger partial charge is 0.251 e. The SMILES string of the molecule is CCCCCCCCCCC(CSSCC(CCCCCCCCCC)NC(=O)c1ccncc1)NC(=O)c1ccncc1. The minimum atomic E-state index is -0.0280. The molecule has 0 bridgehead atoms. The molecule has 246 valence electrons. The summed E-state index contributed by atoms with van der Waals surface area (Å²) in [6.07, 6.45) is 29.1. The molecule has 44 heavy (non-hydrogen) atoms. The van der Waals surface area contributed by atoms with Crippen LogP contribution in [0.4, 0.5) is 0 Å². The van der Waals surface area contributed by atoms with E-state index >= 15 is 0 Å². The number of hydrogen-bond donors (Lipinski definition) is 2. The van der Waals surface area contributed by atoms with Crippen molar-refractivity contribution in [1.82, 2.24) is 20.6 Å². The van der Waals surface area contributed by atoms with Crippen molar-refractivity contribution in [1.29, 1.82) is 0 Å². The van der Waals surface area contributed by atoms with E-state index in [-0.39, 0.29) is 23.9 Å². The van der Waals surface area contributed by atoms with Crippen molar-refractivity contribution in [3.63, 3.8) is 0 Å². The lowest BCUT2D eigenvalue weighted by Gasteiger charge is -2.21. The average Bonchev–Trinajstić information content (AvgIpc) is 3.05. The van der Waals surface area contributed by atoms with Gasteiger partial charge in [0.05, 0.1) is 0 Å². The zero-order valence-electron chi connectivity index (χ0n) is 27.4. The van der Waals surface area contributed by atoms with Gasteiger partial charge in [-0.3, -0.25) is 19.6 Å². The summed E-state index contributed by atoms with van der Waals surface area (Å²) in [6.45, 7) is 4.51. The van der Waals surface area contributed by atoms with Crippen LogP contribution in [-0.2, 0) is 0 Å². The molecule has 2 atom stereocenters. The van der Waals surface area contributed by atoms with E-state index < -0.39 is 0 Å². The average molecular weight is 643 g/mol. The van der Waals surface area contributed by atoms with Gasteiger partial charge in [0.1, 0.15) is 0 Å². The third-order valence-corrected chi connectivity index (χ3v) is 10.5. The zero-order chi connectivity index (χ0) is 31.5. The Morgan fingerprint density at radius 3 is 1.20 bits per heavy atom. The van der Waals surface area contributed by atoms with Gasteiger partial charge >= 0.3 is 0 Å². The summed E-state index contributed by atoms with van der Waals surface area (Å²) >= 11 is 0. The highest BCUT2D eigenvalue weighted by Gasteiger charge is 2.17. The summed E-state index contributed by atoms with van der Waals surface area (Å²) in [6, 6.07) is 7.31. The Bertz CT molecular complexity index is 901. The van der Waals surface area contributed by atoms with E-state index in [1.165, 1.54) is 89.9 Å². The Morgan fingerprint density at radius 1 is 0.545 bits per heavy atom. The fourth-order valence-electron chi connectivity index (χ4n) is 5.25. The molecule has 2 N–H and O–H groups in total. The maximum Gasteiger partial charge on any atom is 0.251 e. The molecule has 0 saturated carbocycles. The van der Waals surface area contributed by atoms with Crippen molar-refractivity contribution in [2.75, 3.05) is 11.5 Å². The molecule has 8 heteroatoms. The molecule has 2 rings (SSSR count). The summed E-state index contributed by atoms with van der Waals surface area (Å²) < 4.78 is 0. The Balaban J connectivity index is 1.83. The second-order valence-corrected chi connectivity index (χ2v) is 14.5. The van der Waals surface area contributed by atoms with E-state index in [1.54, 1.807) is 49.1 Å². The van der Waals surface area contributed by atoms with Gasteiger partial charge in [0.25, 0.3) is 11.8 Å². The normalized spacial score (nSPS) is 12.5. The number of nitrogens with one attached hydrogen (secondary N) is 2. The number of hydrogen-bond acceptors (Lipinski definition) is 6. The molecule has 0 radical (unpaired) electrons. The summed E-state index contributed by atoms with van der Waals surface area (Å²) in [5.41, 5.74) is 1.31. The molecule has 0 aliphatic heterocycles. The summed E-state index contributed by atoms with van der Waals surface area (Å²) in [5, 5.41) is 6.57. The van der Waals surface area contributed by atoms with Crippen LogP contribution in [0, 0.1) is 0 Å². The van der Waals surface area contributed by atoms with Crippen LogP contribution in [-0.4, -0.2) is 45.4 Å². The van der Waals surface area contributed by atoms with Gasteiger partial charge in [-0.15, -0.1) is 0 Å². The summed E-state index contributed by atoms with van der Waals surface area (Å²) in [7, 11) is 3.62. The first kappa shape index (κ1) is 38.1. The predicted molar refractivity (Wildman–Crippen MR) is 190 cm³/mol. The molecule has 2 aromatic heterocycles. The highest BCUT2D eigenvalue weighted by atomic mass is 33.1. The Kier molecular flexibility index (Phi) is 22.7. The number of pyridine rings is 2. The number of unbranched alkanes of at least 4 members (excludes halogenated alkanes) is 14. The van der Waals surface area contributed by atoms with Crippen LogP contribution >= 0.6 is 21.6 Å². The van der Waals surface area contributed by atoms with E-state index in [0.717, 1.165) is 37.2 Å². The van der Waals surface area contributed by atoms with Crippen molar-refractivity contribution in [3.05, 3.63) is 60.2 Å². The third kappa shape index (κ3) is 18.7. The van der Waals surface area contributed by atoms with Crippen LogP contribution in [0.2, 0.25) is 0 Å². The maximum absolute atomic E-state index is 12.9. The molecule has 0 aliphatic carbocycles. The largest absolute Gasteiger partial charge is 0.348 e. The van der Waals surface area contributed by atoms with Gasteiger partial charge in [-0.25, -0.2) is 0 Å². The minimum Gasteiger partial charge on any atom is -0.348 e. The predicted octanol–water partition coefficient (Wildman–Crippen LogP) is 9.82. The van der Waals surface area contributed by atoms with Gasteiger partial charge in [-0.1, -0.05) is 138 Å². The Morgan fingerprint density at radius 2 is 0.864 bits per heavy atom. The molecule has 0 fully saturated rings. The van der Waals surface area contributed by atoms with Crippen LogP contribution in [0.5, 0.6) is 0 Å². The molecular formula is C36H58N4O2S2. The minimum absolute atomic E-state index is 0.0280. The van der Waals surface area contributed by atoms with Crippen LogP contribution in [0.3, 0.4) is 0 Å². The molecule has 2 unspecified atom stereocenters. The lowest BCUT2D eigenvalue weighted by Crippen LogP contribution is -2.37. The summed E-state index contributed by atoms with van der Waals surface area (Å²) in [4.78, 5) is 33.9. The first-order chi connectivity index (χ1) is 21.6. The van der Waals surface area contributed by atoms with Crippen molar-refractivity contribution < 1.29 is 9.59 Å². The van der Waals surface area contributed by atoms with Crippen molar-refractivity contribution >= 4 is 33.4 Å². The number of nitrogens with zero attached hydrogens (tertiary/aromatic N) is 2. The molecule has 0 aliphatic rings. The van der Waals surface area contributed by atoms with Crippen LogP contribution in [0.25, 0.3) is 0 Å². The fourth-order valence-corrected chi connectivity index (χ4v) is 7.83. The first-order valence-electron chi connectivity index (χ1n) is 17.3. The second kappa shape index (κ2) is 26.2. The molecule has 2 amide bonds. The fraction of sp³-hybridized carbons (Fsp3) is 0.667. The quantitative estimate of drug-likeness (QED) is 0.0745. The first-order valence-corrected chi connectivity index (χ1v) is 19.8. The molecule has 0 spiro atoms. The van der Waals surface area contributed by atoms with E-state index in [1.807, 2.05) is 21.6 Å². The number of aromatic nitrogens is 2. The Hall–Kier alpha value is -2.06. The molecule has 6 nitrogen and oxygen atoms in total. The molecule has 2 aromatic rings. The van der Waals surface area contributed by atoms with Crippen LogP contribution in [0.1, 0.15) is 150 Å². The van der Waals surface area contributed by atoms with Crippen molar-refractivity contribution in [2.24, 2.45) is 0 Å². The highest BCUT2D eigenvalue weighted by Crippen LogP contribution is 2.26. The van der Waals surface area contributed by atoms with Crippen molar-refractivity contribution in [2.45, 2.75) is 142 Å². The van der Waals surface area contributed by atoms with Gasteiger partial charge in [-0.2, -0.15) is 0 Å². The standard InChI is InChI=1S/C36H58N4O2S2/c1-3-5-7-9-11-13-15-17-19-33(39-35(41)31-21-25-37-26-22-31)29-43-44-30-34(20-18-16-14-12-10-8-6-4-2)40-36(42)32-23-27-38-28-24-32/h21-28,33-34H,3-20,29-30H2,1-2H3,(H,39,41)(H,40,42). The van der Waals surface area contributed by atoms with Crippen molar-refractivity contribution in [3.8, 4) is 0 Å². The van der Waals surface area contributed by atoms with Crippen LogP contribution < -0.4 is 10.6 Å². The molecule has 2 heterocycles. The third-order valence-electron chi connectivity index (χ3n) is 7.99. The monoisotopic (exact) mass is 642 g/mol. The second-order valence-electron chi connectivity index (χ2n) is 11.9. The van der Waals surface area contributed by atoms with Gasteiger partial charge in [0, 0.05) is 59.5 Å². The maximum atomic E-state index is 12.9. The molecule has 0 aromatic carbocycles. The molecule has 0 saturated heterocycles. The van der Waals surface area contributed by atoms with Gasteiger partial charge in [0.15, 0.2) is 0 Å². The van der Waals surface area contributed by atoms with Gasteiger partial charge in [0.2, 0.25) is 0 Å². The zero-order valence-corrected chi connectivity index (χ0v) is 29.1. The Labute approximate surface area is 275 Å². The lowest BCUT2D eigenvalue weighted by molar-refractivity contribution is 0.0930. The highest BCUT2D eigenvalue weighted by molar-refractivity contribution is 8.76. The number of rotatable bonds is 27. The number of amides is 2. The number of carbonyl (C=O) groups excluding carboxylic acids is 2. The summed E-state index contributed by atoms with van der Waals surface area (Å²) in [5.74, 6) is 1.64. The van der Waals surface area contributed by atoms with E-state index in [4.69, 9.17) is 0 Å². The topological polar surface area (TPSA) is 84.0 Å². The molecular weight excluding hydrogens is 585 g/mol. The van der Waals surface area contributed by atoms with Gasteiger partial charge < -0.3 is 10.6 Å². The van der Waals surface area contributed by atoms with E-state index in [2.05, 4.69) is 34.4 Å². The van der Waals surface area contributed by atoms with Gasteiger partial charge in [-0.05, 0) is 37.1 Å².